The maximum absolute atomic E-state index is 13.5. The van der Waals surface area contributed by atoms with Crippen LogP contribution in [0.15, 0.2) is 28.0 Å². The van der Waals surface area contributed by atoms with E-state index in [1.807, 2.05) is 0 Å². The van der Waals surface area contributed by atoms with Crippen LogP contribution in [-0.2, 0) is 22.9 Å². The number of halogens is 1. The monoisotopic (exact) mass is 422 g/mol. The van der Waals surface area contributed by atoms with Crippen LogP contribution < -0.4 is 0 Å². The molecular weight excluding hydrogens is 399 g/mol. The summed E-state index contributed by atoms with van der Waals surface area (Å²) in [6.07, 6.45) is 3.99. The van der Waals surface area contributed by atoms with Gasteiger partial charge in [-0.2, -0.15) is 0 Å². The van der Waals surface area contributed by atoms with Crippen molar-refractivity contribution in [3.63, 3.8) is 0 Å². The average molecular weight is 422 g/mol. The first-order valence-electron chi connectivity index (χ1n) is 9.42. The molecule has 156 valence electrons. The highest BCUT2D eigenvalue weighted by Crippen LogP contribution is 2.53. The number of oxime groups is 1. The van der Waals surface area contributed by atoms with E-state index in [4.69, 9.17) is 4.63 Å². The lowest BCUT2D eigenvalue weighted by Gasteiger charge is -2.58. The van der Waals surface area contributed by atoms with Crippen LogP contribution in [-0.4, -0.2) is 53.3 Å². The first-order valence-corrected chi connectivity index (χ1v) is 11.3. The molecule has 2 aromatic rings. The highest BCUT2D eigenvalue weighted by molar-refractivity contribution is 7.88. The molecule has 1 N–H and O–H groups in total. The fraction of sp³-hybridized carbons (Fsp3) is 0.526. The highest BCUT2D eigenvalue weighted by Gasteiger charge is 2.54. The molecule has 0 amide bonds. The first-order chi connectivity index (χ1) is 13.7. The standard InChI is InChI=1S/C19H23FN4O4S/c1-12-5-13(3-4-15(12)20)6-16(21-25)18-17(22-28-23-18)7-14-8-19(9-14)10-24(11-19)29(2,26)27/h3-5,14,25H,6-11H2,1-2H3. The van der Waals surface area contributed by atoms with Crippen LogP contribution in [0.4, 0.5) is 4.39 Å². The molecule has 1 saturated heterocycles. The molecule has 0 bridgehead atoms. The third-order valence-electron chi connectivity index (χ3n) is 5.96. The van der Waals surface area contributed by atoms with Crippen molar-refractivity contribution in [2.75, 3.05) is 19.3 Å². The normalized spacial score (nSPS) is 19.9. The van der Waals surface area contributed by atoms with Gasteiger partial charge in [0.15, 0.2) is 5.69 Å². The van der Waals surface area contributed by atoms with E-state index in [1.165, 1.54) is 16.6 Å². The fourth-order valence-electron chi connectivity index (χ4n) is 4.51. The van der Waals surface area contributed by atoms with E-state index in [0.717, 1.165) is 18.4 Å². The Kier molecular flexibility index (Phi) is 4.94. The van der Waals surface area contributed by atoms with Gasteiger partial charge in [0.1, 0.15) is 17.2 Å². The number of aromatic nitrogens is 2. The van der Waals surface area contributed by atoms with Crippen molar-refractivity contribution in [1.82, 2.24) is 14.6 Å². The molecule has 2 heterocycles. The molecule has 1 spiro atoms. The predicted molar refractivity (Wildman–Crippen MR) is 103 cm³/mol. The van der Waals surface area contributed by atoms with Gasteiger partial charge < -0.3 is 5.21 Å². The van der Waals surface area contributed by atoms with Crippen molar-refractivity contribution in [2.24, 2.45) is 16.5 Å². The number of nitrogens with zero attached hydrogens (tertiary/aromatic N) is 4. The predicted octanol–water partition coefficient (Wildman–Crippen LogP) is 2.15. The Labute approximate surface area is 168 Å². The summed E-state index contributed by atoms with van der Waals surface area (Å²) in [4.78, 5) is 0. The molecule has 1 saturated carbocycles. The van der Waals surface area contributed by atoms with Gasteiger partial charge in [-0.25, -0.2) is 21.7 Å². The Morgan fingerprint density at radius 3 is 2.72 bits per heavy atom. The average Bonchev–Trinajstić information content (AvgIpc) is 3.03. The van der Waals surface area contributed by atoms with Gasteiger partial charge in [-0.05, 0) is 59.9 Å². The van der Waals surface area contributed by atoms with Crippen LogP contribution in [0.5, 0.6) is 0 Å². The van der Waals surface area contributed by atoms with Gasteiger partial charge in [0.2, 0.25) is 10.0 Å². The van der Waals surface area contributed by atoms with Crippen LogP contribution in [0.2, 0.25) is 0 Å². The van der Waals surface area contributed by atoms with Crippen molar-refractivity contribution >= 4 is 15.7 Å². The van der Waals surface area contributed by atoms with Gasteiger partial charge in [0.05, 0.1) is 6.26 Å². The zero-order valence-electron chi connectivity index (χ0n) is 16.3. The number of benzene rings is 1. The zero-order valence-corrected chi connectivity index (χ0v) is 17.1. The SMILES string of the molecule is Cc1cc(CC(=NO)c2nonc2CC2CC3(C2)CN(S(C)(=O)=O)C3)ccc1F. The van der Waals surface area contributed by atoms with Crippen LogP contribution >= 0.6 is 0 Å². The van der Waals surface area contributed by atoms with Gasteiger partial charge in [-0.1, -0.05) is 22.4 Å². The summed E-state index contributed by atoms with van der Waals surface area (Å²) < 4.78 is 43.0. The smallest absolute Gasteiger partial charge is 0.211 e. The first kappa shape index (κ1) is 20.0. The molecule has 0 atom stereocenters. The third kappa shape index (κ3) is 3.91. The molecule has 2 aliphatic rings. The quantitative estimate of drug-likeness (QED) is 0.434. The molecule has 1 aliphatic carbocycles. The van der Waals surface area contributed by atoms with E-state index in [9.17, 15) is 18.0 Å². The van der Waals surface area contributed by atoms with Crippen LogP contribution in [0.3, 0.4) is 0 Å². The topological polar surface area (TPSA) is 109 Å². The maximum atomic E-state index is 13.5. The van der Waals surface area contributed by atoms with Crippen molar-refractivity contribution in [2.45, 2.75) is 32.6 Å². The lowest BCUT2D eigenvalue weighted by atomic mass is 9.57. The van der Waals surface area contributed by atoms with E-state index in [-0.39, 0.29) is 17.7 Å². The van der Waals surface area contributed by atoms with Gasteiger partial charge in [0, 0.05) is 19.5 Å². The molecule has 1 aromatic heterocycles. The minimum absolute atomic E-state index is 0.0879. The molecular formula is C19H23FN4O4S. The molecule has 1 aliphatic heterocycles. The Morgan fingerprint density at radius 2 is 2.10 bits per heavy atom. The maximum Gasteiger partial charge on any atom is 0.211 e. The van der Waals surface area contributed by atoms with Crippen LogP contribution in [0.25, 0.3) is 0 Å². The lowest BCUT2D eigenvalue weighted by Crippen LogP contribution is -2.63. The second kappa shape index (κ2) is 7.17. The number of hydrogen-bond donors (Lipinski definition) is 1. The van der Waals surface area contributed by atoms with Crippen molar-refractivity contribution in [3.05, 3.63) is 46.5 Å². The minimum atomic E-state index is -3.11. The minimum Gasteiger partial charge on any atom is -0.411 e. The molecule has 8 nitrogen and oxygen atoms in total. The van der Waals surface area contributed by atoms with Gasteiger partial charge >= 0.3 is 0 Å². The zero-order chi connectivity index (χ0) is 20.8. The third-order valence-corrected chi connectivity index (χ3v) is 7.16. The van der Waals surface area contributed by atoms with Crippen LogP contribution in [0.1, 0.15) is 35.4 Å². The van der Waals surface area contributed by atoms with E-state index < -0.39 is 10.0 Å². The van der Waals surface area contributed by atoms with Gasteiger partial charge in [-0.15, -0.1) is 0 Å². The Bertz CT molecular complexity index is 1050. The molecule has 0 radical (unpaired) electrons. The van der Waals surface area contributed by atoms with E-state index in [0.29, 0.717) is 48.1 Å². The lowest BCUT2D eigenvalue weighted by molar-refractivity contribution is -0.0523. The Morgan fingerprint density at radius 1 is 1.38 bits per heavy atom. The highest BCUT2D eigenvalue weighted by atomic mass is 32.2. The summed E-state index contributed by atoms with van der Waals surface area (Å²) >= 11 is 0. The fourth-order valence-corrected chi connectivity index (χ4v) is 5.53. The van der Waals surface area contributed by atoms with Crippen molar-refractivity contribution < 1.29 is 22.6 Å². The summed E-state index contributed by atoms with van der Waals surface area (Å²) in [7, 11) is -3.11. The number of sulfonamides is 1. The van der Waals surface area contributed by atoms with E-state index in [2.05, 4.69) is 15.5 Å². The van der Waals surface area contributed by atoms with E-state index >= 15 is 0 Å². The number of hydrogen-bond acceptors (Lipinski definition) is 7. The Hall–Kier alpha value is -2.33. The second-order valence-corrected chi connectivity index (χ2v) is 10.4. The Balaban J connectivity index is 1.39. The largest absolute Gasteiger partial charge is 0.411 e. The van der Waals surface area contributed by atoms with Gasteiger partial charge in [0.25, 0.3) is 0 Å². The number of rotatable bonds is 6. The molecule has 2 fully saturated rings. The summed E-state index contributed by atoms with van der Waals surface area (Å²) in [5, 5.41) is 20.8. The number of aryl methyl sites for hydroxylation is 1. The van der Waals surface area contributed by atoms with Crippen LogP contribution in [0, 0.1) is 24.1 Å². The summed E-state index contributed by atoms with van der Waals surface area (Å²) in [6.45, 7) is 2.84. The summed E-state index contributed by atoms with van der Waals surface area (Å²) in [6, 6.07) is 4.72. The molecule has 0 unspecified atom stereocenters. The summed E-state index contributed by atoms with van der Waals surface area (Å²) in [5.74, 6) is 0.0692. The molecule has 4 rings (SSSR count). The molecule has 29 heavy (non-hydrogen) atoms. The molecule has 10 heteroatoms. The van der Waals surface area contributed by atoms with Crippen molar-refractivity contribution in [3.8, 4) is 0 Å². The summed E-state index contributed by atoms with van der Waals surface area (Å²) in [5.41, 5.74) is 2.74. The molecule has 1 aromatic carbocycles. The van der Waals surface area contributed by atoms with Gasteiger partial charge in [-0.3, -0.25) is 0 Å². The second-order valence-electron chi connectivity index (χ2n) is 8.38. The van der Waals surface area contributed by atoms with Crippen molar-refractivity contribution in [1.29, 1.82) is 0 Å². The van der Waals surface area contributed by atoms with E-state index in [1.54, 1.807) is 19.1 Å².